The first kappa shape index (κ1) is 21.9. The molecule has 8 nitrogen and oxygen atoms in total. The Morgan fingerprint density at radius 1 is 0.909 bits per heavy atom. The van der Waals surface area contributed by atoms with Crippen molar-refractivity contribution in [2.75, 3.05) is 13.1 Å². The molecule has 1 atom stereocenters. The Balaban J connectivity index is 1.12. The van der Waals surface area contributed by atoms with Gasteiger partial charge in [0.1, 0.15) is 5.75 Å². The number of nitrogens with zero attached hydrogens (tertiary/aromatic N) is 1. The highest BCUT2D eigenvalue weighted by atomic mass is 32.2. The Morgan fingerprint density at radius 2 is 1.64 bits per heavy atom. The Kier molecular flexibility index (Phi) is 5.84. The van der Waals surface area contributed by atoms with Gasteiger partial charge in [0.05, 0.1) is 4.90 Å². The molecular weight excluding hydrogens is 442 g/mol. The van der Waals surface area contributed by atoms with Crippen molar-refractivity contribution in [3.8, 4) is 5.75 Å². The summed E-state index contributed by atoms with van der Waals surface area (Å²) < 4.78 is 33.2. The molecule has 9 heteroatoms. The predicted octanol–water partition coefficient (Wildman–Crippen LogP) is 1.73. The van der Waals surface area contributed by atoms with Gasteiger partial charge in [0.2, 0.25) is 15.9 Å². The number of ether oxygens (including phenoxy) is 1. The van der Waals surface area contributed by atoms with Crippen molar-refractivity contribution < 1.29 is 22.7 Å². The second kappa shape index (κ2) is 8.79. The van der Waals surface area contributed by atoms with E-state index in [9.17, 15) is 18.0 Å². The molecule has 2 amide bonds. The number of benzene rings is 2. The second-order valence-corrected chi connectivity index (χ2v) is 10.8. The number of aryl methyl sites for hydroxylation is 2. The number of para-hydroxylation sites is 1. The first-order valence-electron chi connectivity index (χ1n) is 11.4. The Bertz CT molecular complexity index is 1160. The monoisotopic (exact) mass is 469 g/mol. The van der Waals surface area contributed by atoms with Crippen molar-refractivity contribution in [3.05, 3.63) is 59.2 Å². The van der Waals surface area contributed by atoms with Crippen LogP contribution >= 0.6 is 0 Å². The van der Waals surface area contributed by atoms with Gasteiger partial charge in [0, 0.05) is 25.4 Å². The number of hydrogen-bond acceptors (Lipinski definition) is 5. The van der Waals surface area contributed by atoms with E-state index in [1.54, 1.807) is 12.1 Å². The minimum atomic E-state index is -3.58. The third kappa shape index (κ3) is 4.35. The van der Waals surface area contributed by atoms with E-state index in [0.717, 1.165) is 30.4 Å². The largest absolute Gasteiger partial charge is 0.480 e. The van der Waals surface area contributed by atoms with Crippen LogP contribution in [-0.2, 0) is 38.9 Å². The lowest BCUT2D eigenvalue weighted by Gasteiger charge is -2.30. The van der Waals surface area contributed by atoms with Crippen molar-refractivity contribution in [2.45, 2.75) is 49.5 Å². The Labute approximate surface area is 193 Å². The van der Waals surface area contributed by atoms with E-state index in [1.807, 2.05) is 30.3 Å². The molecule has 0 saturated carbocycles. The molecule has 174 valence electrons. The zero-order chi connectivity index (χ0) is 23.0. The molecule has 2 aromatic carbocycles. The highest BCUT2D eigenvalue weighted by molar-refractivity contribution is 7.89. The Morgan fingerprint density at radius 3 is 2.42 bits per heavy atom. The van der Waals surface area contributed by atoms with Crippen molar-refractivity contribution in [3.63, 3.8) is 0 Å². The van der Waals surface area contributed by atoms with E-state index in [4.69, 9.17) is 4.74 Å². The molecule has 1 unspecified atom stereocenters. The van der Waals surface area contributed by atoms with E-state index in [2.05, 4.69) is 10.9 Å². The lowest BCUT2D eigenvalue weighted by Crippen LogP contribution is -2.51. The maximum atomic E-state index is 13.1. The number of hydrazine groups is 1. The fourth-order valence-electron chi connectivity index (χ4n) is 4.85. The van der Waals surface area contributed by atoms with Crippen LogP contribution in [0.25, 0.3) is 0 Å². The summed E-state index contributed by atoms with van der Waals surface area (Å²) in [7, 11) is -3.58. The van der Waals surface area contributed by atoms with Gasteiger partial charge in [0.25, 0.3) is 5.91 Å². The number of hydrogen-bond donors (Lipinski definition) is 2. The number of carbonyl (C=O) groups excluding carboxylic acids is 2. The first-order chi connectivity index (χ1) is 15.9. The van der Waals surface area contributed by atoms with Crippen molar-refractivity contribution in [1.82, 2.24) is 15.2 Å². The lowest BCUT2D eigenvalue weighted by atomic mass is 9.98. The maximum Gasteiger partial charge on any atom is 0.279 e. The summed E-state index contributed by atoms with van der Waals surface area (Å²) in [6.07, 6.45) is 3.57. The minimum Gasteiger partial charge on any atom is -0.480 e. The molecular formula is C24H27N3O5S. The van der Waals surface area contributed by atoms with Crippen LogP contribution < -0.4 is 15.6 Å². The van der Waals surface area contributed by atoms with Gasteiger partial charge in [0.15, 0.2) is 6.10 Å². The highest BCUT2D eigenvalue weighted by Gasteiger charge is 2.34. The number of rotatable bonds is 4. The highest BCUT2D eigenvalue weighted by Crippen LogP contribution is 2.29. The van der Waals surface area contributed by atoms with Gasteiger partial charge in [-0.15, -0.1) is 0 Å². The van der Waals surface area contributed by atoms with Gasteiger partial charge in [-0.3, -0.25) is 20.4 Å². The number of fused-ring (bicyclic) bond motifs is 2. The van der Waals surface area contributed by atoms with E-state index in [1.165, 1.54) is 9.87 Å². The first-order valence-corrected chi connectivity index (χ1v) is 12.8. The lowest BCUT2D eigenvalue weighted by molar-refractivity contribution is -0.134. The molecule has 2 heterocycles. The van der Waals surface area contributed by atoms with Crippen LogP contribution in [0.5, 0.6) is 5.75 Å². The number of piperidine rings is 1. The normalized spacial score (nSPS) is 20.5. The van der Waals surface area contributed by atoms with Gasteiger partial charge < -0.3 is 4.74 Å². The van der Waals surface area contributed by atoms with Crippen LogP contribution in [-0.4, -0.2) is 43.7 Å². The average molecular weight is 470 g/mol. The van der Waals surface area contributed by atoms with Crippen molar-refractivity contribution >= 4 is 21.8 Å². The van der Waals surface area contributed by atoms with Crippen molar-refractivity contribution in [2.24, 2.45) is 5.92 Å². The smallest absolute Gasteiger partial charge is 0.279 e. The molecule has 0 aromatic heterocycles. The third-order valence-electron chi connectivity index (χ3n) is 6.78. The summed E-state index contributed by atoms with van der Waals surface area (Å²) >= 11 is 0. The molecule has 2 N–H and O–H groups in total. The van der Waals surface area contributed by atoms with Gasteiger partial charge in [-0.1, -0.05) is 24.3 Å². The predicted molar refractivity (Wildman–Crippen MR) is 121 cm³/mol. The van der Waals surface area contributed by atoms with Crippen LogP contribution in [0.4, 0.5) is 0 Å². The van der Waals surface area contributed by atoms with Crippen LogP contribution in [0.3, 0.4) is 0 Å². The summed E-state index contributed by atoms with van der Waals surface area (Å²) in [4.78, 5) is 25.3. The molecule has 33 heavy (non-hydrogen) atoms. The van der Waals surface area contributed by atoms with Crippen molar-refractivity contribution in [1.29, 1.82) is 0 Å². The SMILES string of the molecule is O=C(NNC(=O)C1Cc2ccccc2O1)C1CCN(S(=O)(=O)c2ccc3c(c2)CCC3)CC1. The number of sulfonamides is 1. The molecule has 1 aliphatic carbocycles. The summed E-state index contributed by atoms with van der Waals surface area (Å²) in [5.41, 5.74) is 8.25. The zero-order valence-corrected chi connectivity index (χ0v) is 19.1. The quantitative estimate of drug-likeness (QED) is 0.664. The fraction of sp³-hybridized carbons (Fsp3) is 0.417. The second-order valence-electron chi connectivity index (χ2n) is 8.86. The molecule has 5 rings (SSSR count). The molecule has 2 aliphatic heterocycles. The standard InChI is InChI=1S/C24H27N3O5S/c28-23(25-26-24(29)22-15-19-4-1-2-7-21(19)32-22)17-10-12-27(13-11-17)33(30,31)20-9-8-16-5-3-6-18(16)14-20/h1-2,4,7-9,14,17,22H,3,5-6,10-13,15H2,(H,25,28)(H,26,29). The van der Waals surface area contributed by atoms with Gasteiger partial charge >= 0.3 is 0 Å². The van der Waals surface area contributed by atoms with Gasteiger partial charge in [-0.2, -0.15) is 4.31 Å². The maximum absolute atomic E-state index is 13.1. The van der Waals surface area contributed by atoms with E-state index in [-0.39, 0.29) is 24.9 Å². The summed E-state index contributed by atoms with van der Waals surface area (Å²) in [5.74, 6) is -0.399. The van der Waals surface area contributed by atoms with Crippen LogP contribution in [0.2, 0.25) is 0 Å². The van der Waals surface area contributed by atoms with E-state index < -0.39 is 22.0 Å². The Hall–Kier alpha value is -2.91. The third-order valence-corrected chi connectivity index (χ3v) is 8.68. The molecule has 2 aromatic rings. The minimum absolute atomic E-state index is 0.270. The fourth-order valence-corrected chi connectivity index (χ4v) is 6.37. The van der Waals surface area contributed by atoms with Gasteiger partial charge in [-0.25, -0.2) is 8.42 Å². The van der Waals surface area contributed by atoms with E-state index >= 15 is 0 Å². The summed E-state index contributed by atoms with van der Waals surface area (Å²) in [6, 6.07) is 12.9. The molecule has 0 radical (unpaired) electrons. The molecule has 3 aliphatic rings. The van der Waals surface area contributed by atoms with Crippen LogP contribution in [0.15, 0.2) is 47.4 Å². The molecule has 1 fully saturated rings. The number of carbonyl (C=O) groups is 2. The molecule has 1 saturated heterocycles. The van der Waals surface area contributed by atoms with Crippen LogP contribution in [0.1, 0.15) is 36.0 Å². The zero-order valence-electron chi connectivity index (χ0n) is 18.2. The molecule has 0 bridgehead atoms. The number of nitrogens with one attached hydrogen (secondary N) is 2. The van der Waals surface area contributed by atoms with E-state index in [0.29, 0.717) is 29.9 Å². The molecule has 0 spiro atoms. The summed E-state index contributed by atoms with van der Waals surface area (Å²) in [5, 5.41) is 0. The summed E-state index contributed by atoms with van der Waals surface area (Å²) in [6.45, 7) is 0.541. The topological polar surface area (TPSA) is 105 Å². The van der Waals surface area contributed by atoms with Gasteiger partial charge in [-0.05, 0) is 67.0 Å². The number of amides is 2. The average Bonchev–Trinajstić information content (AvgIpc) is 3.48. The van der Waals surface area contributed by atoms with Crippen LogP contribution in [0, 0.1) is 5.92 Å².